The number of alkyl halides is 1. The van der Waals surface area contributed by atoms with Crippen molar-refractivity contribution in [3.05, 3.63) is 66.2 Å². The number of halogens is 1. The number of hydrogen-bond donors (Lipinski definition) is 0. The predicted octanol–water partition coefficient (Wildman–Crippen LogP) is 3.44. The molecule has 0 aromatic heterocycles. The Hall–Kier alpha value is -1.32. The molecule has 1 atom stereocenters. The van der Waals surface area contributed by atoms with Crippen molar-refractivity contribution in [1.29, 1.82) is 0 Å². The van der Waals surface area contributed by atoms with Gasteiger partial charge in [0.25, 0.3) is 0 Å². The first-order chi connectivity index (χ1) is 8.59. The van der Waals surface area contributed by atoms with Crippen LogP contribution in [0, 0.1) is 0 Å². The van der Waals surface area contributed by atoms with Crippen molar-refractivity contribution in [1.82, 2.24) is 0 Å². The van der Waals surface area contributed by atoms with Gasteiger partial charge in [-0.15, -0.1) is 11.6 Å². The minimum Gasteiger partial charge on any atom is -0.224 e. The fraction of sp³-hybridized carbons (Fsp3) is 0.143. The quantitative estimate of drug-likeness (QED) is 0.804. The second-order valence-electron chi connectivity index (χ2n) is 3.97. The highest BCUT2D eigenvalue weighted by Gasteiger charge is 2.20. The zero-order valence-electron chi connectivity index (χ0n) is 9.66. The van der Waals surface area contributed by atoms with Crippen LogP contribution in [0.5, 0.6) is 0 Å². The van der Waals surface area contributed by atoms with E-state index in [1.807, 2.05) is 30.3 Å². The van der Waals surface area contributed by atoms with Gasteiger partial charge in [-0.05, 0) is 17.7 Å². The van der Waals surface area contributed by atoms with E-state index >= 15 is 0 Å². The third-order valence-electron chi connectivity index (χ3n) is 2.63. The lowest BCUT2D eigenvalue weighted by molar-refractivity contribution is 0.594. The lowest BCUT2D eigenvalue weighted by atomic mass is 10.2. The Balaban J connectivity index is 2.20. The van der Waals surface area contributed by atoms with Gasteiger partial charge in [0.15, 0.2) is 9.84 Å². The minimum atomic E-state index is -3.34. The maximum atomic E-state index is 12.1. The van der Waals surface area contributed by atoms with Gasteiger partial charge in [0, 0.05) is 0 Å². The fourth-order valence-corrected chi connectivity index (χ4v) is 3.66. The molecule has 0 N–H and O–H groups in total. The van der Waals surface area contributed by atoms with Crippen LogP contribution in [-0.4, -0.2) is 14.2 Å². The van der Waals surface area contributed by atoms with Crippen molar-refractivity contribution < 1.29 is 8.42 Å². The molecular formula is C14H13ClO2S. The molecule has 0 bridgehead atoms. The molecule has 2 nitrogen and oxygen atoms in total. The van der Waals surface area contributed by atoms with Crippen molar-refractivity contribution in [3.63, 3.8) is 0 Å². The molecule has 4 heteroatoms. The van der Waals surface area contributed by atoms with E-state index in [0.717, 1.165) is 5.56 Å². The van der Waals surface area contributed by atoms with Crippen molar-refractivity contribution in [2.45, 2.75) is 10.3 Å². The van der Waals surface area contributed by atoms with Crippen LogP contribution in [0.25, 0.3) is 0 Å². The average Bonchev–Trinajstić information content (AvgIpc) is 2.40. The molecule has 18 heavy (non-hydrogen) atoms. The van der Waals surface area contributed by atoms with Crippen LogP contribution in [0.3, 0.4) is 0 Å². The Labute approximate surface area is 112 Å². The summed E-state index contributed by atoms with van der Waals surface area (Å²) < 4.78 is 24.3. The van der Waals surface area contributed by atoms with Gasteiger partial charge in [-0.25, -0.2) is 8.42 Å². The van der Waals surface area contributed by atoms with Crippen molar-refractivity contribution in [2.24, 2.45) is 0 Å². The Kier molecular flexibility index (Phi) is 4.04. The van der Waals surface area contributed by atoms with E-state index in [2.05, 4.69) is 0 Å². The molecule has 2 rings (SSSR count). The highest BCUT2D eigenvalue weighted by atomic mass is 35.5. The number of sulfone groups is 1. The van der Waals surface area contributed by atoms with Gasteiger partial charge < -0.3 is 0 Å². The first-order valence-corrected chi connectivity index (χ1v) is 7.65. The smallest absolute Gasteiger partial charge is 0.180 e. The first kappa shape index (κ1) is 13.1. The molecule has 0 unspecified atom stereocenters. The zero-order valence-corrected chi connectivity index (χ0v) is 11.2. The zero-order chi connectivity index (χ0) is 13.0. The van der Waals surface area contributed by atoms with Crippen LogP contribution in [-0.2, 0) is 9.84 Å². The molecule has 0 radical (unpaired) electrons. The molecule has 0 fully saturated rings. The van der Waals surface area contributed by atoms with E-state index in [-0.39, 0.29) is 5.75 Å². The van der Waals surface area contributed by atoms with E-state index < -0.39 is 15.2 Å². The predicted molar refractivity (Wildman–Crippen MR) is 73.5 cm³/mol. The molecule has 0 aliphatic rings. The molecule has 94 valence electrons. The van der Waals surface area contributed by atoms with Crippen LogP contribution in [0.4, 0.5) is 0 Å². The number of benzene rings is 2. The highest BCUT2D eigenvalue weighted by Crippen LogP contribution is 2.24. The molecule has 0 spiro atoms. The van der Waals surface area contributed by atoms with E-state index in [1.54, 1.807) is 30.3 Å². The minimum absolute atomic E-state index is 0.0947. The van der Waals surface area contributed by atoms with E-state index in [4.69, 9.17) is 11.6 Å². The van der Waals surface area contributed by atoms with E-state index in [1.165, 1.54) is 0 Å². The molecular weight excluding hydrogens is 268 g/mol. The van der Waals surface area contributed by atoms with Crippen molar-refractivity contribution >= 4 is 21.4 Å². The maximum Gasteiger partial charge on any atom is 0.180 e. The summed E-state index contributed by atoms with van der Waals surface area (Å²) in [5.41, 5.74) is 0.818. The van der Waals surface area contributed by atoms with Crippen molar-refractivity contribution in [3.8, 4) is 0 Å². The summed E-state index contributed by atoms with van der Waals surface area (Å²) in [5.74, 6) is -0.0947. The van der Waals surface area contributed by atoms with Gasteiger partial charge in [0.2, 0.25) is 0 Å². The van der Waals surface area contributed by atoms with Crippen LogP contribution in [0.1, 0.15) is 10.9 Å². The second kappa shape index (κ2) is 5.55. The summed E-state index contributed by atoms with van der Waals surface area (Å²) in [5, 5.41) is -0.531. The molecule has 0 aliphatic heterocycles. The monoisotopic (exact) mass is 280 g/mol. The van der Waals surface area contributed by atoms with Gasteiger partial charge in [-0.2, -0.15) is 0 Å². The largest absolute Gasteiger partial charge is 0.224 e. The Morgan fingerprint density at radius 3 is 1.94 bits per heavy atom. The van der Waals surface area contributed by atoms with Crippen molar-refractivity contribution in [2.75, 3.05) is 5.75 Å². The Morgan fingerprint density at radius 1 is 0.889 bits per heavy atom. The van der Waals surface area contributed by atoms with E-state index in [0.29, 0.717) is 4.90 Å². The third-order valence-corrected chi connectivity index (χ3v) is 4.98. The molecule has 0 heterocycles. The number of hydrogen-bond acceptors (Lipinski definition) is 2. The van der Waals surface area contributed by atoms with Gasteiger partial charge in [-0.1, -0.05) is 48.5 Å². The van der Waals surface area contributed by atoms with E-state index in [9.17, 15) is 8.42 Å². The molecule has 0 amide bonds. The lowest BCUT2D eigenvalue weighted by Crippen LogP contribution is -2.11. The summed E-state index contributed by atoms with van der Waals surface area (Å²) in [6, 6.07) is 17.6. The normalized spacial score (nSPS) is 13.2. The van der Waals surface area contributed by atoms with Crippen LogP contribution >= 0.6 is 11.6 Å². The SMILES string of the molecule is O=S(=O)(C[C@@H](Cl)c1ccccc1)c1ccccc1. The molecule has 0 saturated carbocycles. The summed E-state index contributed by atoms with van der Waals surface area (Å²) in [6.45, 7) is 0. The van der Waals surface area contributed by atoms with Crippen LogP contribution < -0.4 is 0 Å². The summed E-state index contributed by atoms with van der Waals surface area (Å²) >= 11 is 6.16. The fourth-order valence-electron chi connectivity index (χ4n) is 1.67. The first-order valence-electron chi connectivity index (χ1n) is 5.56. The highest BCUT2D eigenvalue weighted by molar-refractivity contribution is 7.91. The standard InChI is InChI=1S/C14H13ClO2S/c15-14(12-7-3-1-4-8-12)11-18(16,17)13-9-5-2-6-10-13/h1-10,14H,11H2/t14-/m1/s1. The van der Waals surface area contributed by atoms with Gasteiger partial charge in [0.05, 0.1) is 16.0 Å². The van der Waals surface area contributed by atoms with Gasteiger partial charge in [0.1, 0.15) is 0 Å². The summed E-state index contributed by atoms with van der Waals surface area (Å²) in [7, 11) is -3.34. The molecule has 0 aliphatic carbocycles. The summed E-state index contributed by atoms with van der Waals surface area (Å²) in [6.07, 6.45) is 0. The average molecular weight is 281 g/mol. The Morgan fingerprint density at radius 2 is 1.39 bits per heavy atom. The lowest BCUT2D eigenvalue weighted by Gasteiger charge is -2.10. The molecule has 2 aromatic rings. The topological polar surface area (TPSA) is 34.1 Å². The summed E-state index contributed by atoms with van der Waals surface area (Å²) in [4.78, 5) is 0.312. The van der Waals surface area contributed by atoms with Crippen LogP contribution in [0.2, 0.25) is 0 Å². The maximum absolute atomic E-state index is 12.1. The Bertz CT molecular complexity index is 594. The van der Waals surface area contributed by atoms with Gasteiger partial charge in [-0.3, -0.25) is 0 Å². The van der Waals surface area contributed by atoms with Crippen LogP contribution in [0.15, 0.2) is 65.6 Å². The third kappa shape index (κ3) is 3.12. The van der Waals surface area contributed by atoms with Gasteiger partial charge >= 0.3 is 0 Å². The second-order valence-corrected chi connectivity index (χ2v) is 6.53. The molecule has 2 aromatic carbocycles. The molecule has 0 saturated heterocycles. The number of rotatable bonds is 4.